The maximum atomic E-state index is 13.0. The highest BCUT2D eigenvalue weighted by Gasteiger charge is 2.33. The van der Waals surface area contributed by atoms with Gasteiger partial charge in [-0.3, -0.25) is 14.5 Å². The molecule has 1 saturated heterocycles. The standard InChI is InChI=1S/C16H16F3N5O3/c17-16(18,19)10-3-4-12(24-9-20-8-21-24)11(6-10)22-14(25)7-23-5-1-2-13(23)15(26)27/h3-4,6,8-9,13H,1-2,5,7H2,(H,22,25)(H,26,27). The summed E-state index contributed by atoms with van der Waals surface area (Å²) < 4.78 is 40.3. The Morgan fingerprint density at radius 1 is 1.33 bits per heavy atom. The first-order valence-electron chi connectivity index (χ1n) is 8.08. The van der Waals surface area contributed by atoms with E-state index in [2.05, 4.69) is 15.4 Å². The zero-order valence-corrected chi connectivity index (χ0v) is 14.0. The van der Waals surface area contributed by atoms with E-state index in [-0.39, 0.29) is 17.9 Å². The van der Waals surface area contributed by atoms with Gasteiger partial charge in [-0.2, -0.15) is 18.3 Å². The van der Waals surface area contributed by atoms with Gasteiger partial charge in [0.15, 0.2) is 0 Å². The van der Waals surface area contributed by atoms with Crippen molar-refractivity contribution in [3.63, 3.8) is 0 Å². The lowest BCUT2D eigenvalue weighted by Crippen LogP contribution is -2.41. The van der Waals surface area contributed by atoms with Crippen molar-refractivity contribution < 1.29 is 27.9 Å². The molecular formula is C16H16F3N5O3. The second-order valence-electron chi connectivity index (χ2n) is 6.08. The van der Waals surface area contributed by atoms with Crippen molar-refractivity contribution >= 4 is 17.6 Å². The number of benzene rings is 1. The van der Waals surface area contributed by atoms with Gasteiger partial charge in [-0.05, 0) is 37.6 Å². The number of aromatic nitrogens is 3. The minimum Gasteiger partial charge on any atom is -0.480 e. The van der Waals surface area contributed by atoms with Gasteiger partial charge in [0.1, 0.15) is 18.7 Å². The predicted octanol–water partition coefficient (Wildman–Crippen LogP) is 1.77. The third-order valence-corrected chi connectivity index (χ3v) is 4.26. The summed E-state index contributed by atoms with van der Waals surface area (Å²) >= 11 is 0. The van der Waals surface area contributed by atoms with Crippen LogP contribution in [-0.4, -0.2) is 55.8 Å². The molecule has 144 valence electrons. The van der Waals surface area contributed by atoms with Crippen molar-refractivity contribution in [1.82, 2.24) is 19.7 Å². The van der Waals surface area contributed by atoms with Crippen LogP contribution in [0.25, 0.3) is 5.69 Å². The van der Waals surface area contributed by atoms with Gasteiger partial charge in [-0.15, -0.1) is 0 Å². The number of rotatable bonds is 5. The molecule has 1 amide bonds. The first kappa shape index (κ1) is 18.8. The largest absolute Gasteiger partial charge is 0.480 e. The Labute approximate surface area is 151 Å². The van der Waals surface area contributed by atoms with E-state index in [0.717, 1.165) is 12.1 Å². The third kappa shape index (κ3) is 4.25. The maximum Gasteiger partial charge on any atom is 0.416 e. The van der Waals surface area contributed by atoms with Crippen LogP contribution < -0.4 is 5.32 Å². The van der Waals surface area contributed by atoms with E-state index in [1.165, 1.54) is 28.3 Å². The van der Waals surface area contributed by atoms with E-state index in [1.54, 1.807) is 0 Å². The molecule has 1 unspecified atom stereocenters. The average Bonchev–Trinajstić information content (AvgIpc) is 3.25. The van der Waals surface area contributed by atoms with Crippen LogP contribution in [0.2, 0.25) is 0 Å². The van der Waals surface area contributed by atoms with Crippen LogP contribution in [0.4, 0.5) is 18.9 Å². The van der Waals surface area contributed by atoms with Crippen molar-refractivity contribution in [2.75, 3.05) is 18.4 Å². The van der Waals surface area contributed by atoms with Crippen molar-refractivity contribution in [2.24, 2.45) is 0 Å². The lowest BCUT2D eigenvalue weighted by atomic mass is 10.1. The van der Waals surface area contributed by atoms with Gasteiger partial charge in [0.05, 0.1) is 23.5 Å². The van der Waals surface area contributed by atoms with Crippen LogP contribution in [-0.2, 0) is 15.8 Å². The van der Waals surface area contributed by atoms with Crippen LogP contribution >= 0.6 is 0 Å². The molecule has 0 bridgehead atoms. The van der Waals surface area contributed by atoms with Crippen molar-refractivity contribution in [3.05, 3.63) is 36.4 Å². The molecule has 0 aliphatic carbocycles. The number of carbonyl (C=O) groups excluding carboxylic acids is 1. The van der Waals surface area contributed by atoms with E-state index < -0.39 is 29.7 Å². The molecule has 1 aliphatic rings. The molecule has 3 rings (SSSR count). The zero-order valence-electron chi connectivity index (χ0n) is 14.0. The molecule has 2 heterocycles. The van der Waals surface area contributed by atoms with Crippen LogP contribution in [0.15, 0.2) is 30.9 Å². The maximum absolute atomic E-state index is 13.0. The summed E-state index contributed by atoms with van der Waals surface area (Å²) in [7, 11) is 0. The number of carboxylic acids is 1. The Balaban J connectivity index is 1.83. The first-order valence-corrected chi connectivity index (χ1v) is 8.08. The number of anilines is 1. The Morgan fingerprint density at radius 3 is 2.74 bits per heavy atom. The highest BCUT2D eigenvalue weighted by molar-refractivity contribution is 5.94. The van der Waals surface area contributed by atoms with E-state index in [0.29, 0.717) is 19.4 Å². The molecule has 1 fully saturated rings. The van der Waals surface area contributed by atoms with Crippen molar-refractivity contribution in [2.45, 2.75) is 25.1 Å². The molecule has 0 saturated carbocycles. The smallest absolute Gasteiger partial charge is 0.416 e. The molecule has 2 aromatic rings. The van der Waals surface area contributed by atoms with Crippen molar-refractivity contribution in [1.29, 1.82) is 0 Å². The summed E-state index contributed by atoms with van der Waals surface area (Å²) in [5.74, 6) is -1.63. The molecule has 1 atom stereocenters. The summed E-state index contributed by atoms with van der Waals surface area (Å²) in [6.07, 6.45) is -1.01. The molecular weight excluding hydrogens is 367 g/mol. The van der Waals surface area contributed by atoms with E-state index in [1.807, 2.05) is 0 Å². The fourth-order valence-electron chi connectivity index (χ4n) is 3.01. The second kappa shape index (κ2) is 7.35. The Hall–Kier alpha value is -2.95. The van der Waals surface area contributed by atoms with Crippen LogP contribution in [0.5, 0.6) is 0 Å². The first-order chi connectivity index (χ1) is 12.8. The van der Waals surface area contributed by atoms with E-state index >= 15 is 0 Å². The fourth-order valence-corrected chi connectivity index (χ4v) is 3.01. The van der Waals surface area contributed by atoms with Crippen LogP contribution in [0, 0.1) is 0 Å². The molecule has 1 aliphatic heterocycles. The summed E-state index contributed by atoms with van der Waals surface area (Å²) in [6.45, 7) is 0.201. The fraction of sp³-hybridized carbons (Fsp3) is 0.375. The summed E-state index contributed by atoms with van der Waals surface area (Å²) in [6, 6.07) is 2.11. The number of likely N-dealkylation sites (tertiary alicyclic amines) is 1. The zero-order chi connectivity index (χ0) is 19.6. The highest BCUT2D eigenvalue weighted by atomic mass is 19.4. The number of aliphatic carboxylic acids is 1. The van der Waals surface area contributed by atoms with Gasteiger partial charge >= 0.3 is 12.1 Å². The predicted molar refractivity (Wildman–Crippen MR) is 87.2 cm³/mol. The molecule has 8 nitrogen and oxygen atoms in total. The SMILES string of the molecule is O=C(CN1CCCC1C(=O)O)Nc1cc(C(F)(F)F)ccc1-n1cncn1. The van der Waals surface area contributed by atoms with Gasteiger partial charge in [0, 0.05) is 0 Å². The number of carboxylic acid groups (broad SMARTS) is 1. The van der Waals surface area contributed by atoms with Gasteiger partial charge in [0.25, 0.3) is 0 Å². The molecule has 1 aromatic carbocycles. The lowest BCUT2D eigenvalue weighted by molar-refractivity contribution is -0.142. The topological polar surface area (TPSA) is 100 Å². The normalized spacial score (nSPS) is 17.8. The van der Waals surface area contributed by atoms with Crippen molar-refractivity contribution in [3.8, 4) is 5.69 Å². The summed E-state index contributed by atoms with van der Waals surface area (Å²) in [5.41, 5.74) is -0.803. The number of carbonyl (C=O) groups is 2. The summed E-state index contributed by atoms with van der Waals surface area (Å²) in [4.78, 5) is 28.8. The average molecular weight is 383 g/mol. The molecule has 0 radical (unpaired) electrons. The Morgan fingerprint density at radius 2 is 2.11 bits per heavy atom. The number of hydrogen-bond donors (Lipinski definition) is 2. The van der Waals surface area contributed by atoms with Gasteiger partial charge in [-0.25, -0.2) is 9.67 Å². The minimum absolute atomic E-state index is 0.0913. The van der Waals surface area contributed by atoms with E-state index in [9.17, 15) is 22.8 Å². The lowest BCUT2D eigenvalue weighted by Gasteiger charge is -2.21. The van der Waals surface area contributed by atoms with Crippen LogP contribution in [0.1, 0.15) is 18.4 Å². The number of nitrogens with zero attached hydrogens (tertiary/aromatic N) is 4. The summed E-state index contributed by atoms with van der Waals surface area (Å²) in [5, 5.41) is 15.5. The number of alkyl halides is 3. The third-order valence-electron chi connectivity index (χ3n) is 4.26. The minimum atomic E-state index is -4.58. The quantitative estimate of drug-likeness (QED) is 0.816. The van der Waals surface area contributed by atoms with Gasteiger partial charge in [0.2, 0.25) is 5.91 Å². The Kier molecular flexibility index (Phi) is 5.13. The number of nitrogens with one attached hydrogen (secondary N) is 1. The van der Waals surface area contributed by atoms with Gasteiger partial charge < -0.3 is 10.4 Å². The monoisotopic (exact) mass is 383 g/mol. The molecule has 2 N–H and O–H groups in total. The van der Waals surface area contributed by atoms with Gasteiger partial charge in [-0.1, -0.05) is 0 Å². The Bertz CT molecular complexity index is 838. The van der Waals surface area contributed by atoms with Crippen LogP contribution in [0.3, 0.4) is 0 Å². The molecule has 11 heteroatoms. The molecule has 27 heavy (non-hydrogen) atoms. The molecule has 1 aromatic heterocycles. The number of amides is 1. The van der Waals surface area contributed by atoms with E-state index in [4.69, 9.17) is 5.11 Å². The highest BCUT2D eigenvalue weighted by Crippen LogP contribution is 2.33. The number of hydrogen-bond acceptors (Lipinski definition) is 5. The second-order valence-corrected chi connectivity index (χ2v) is 6.08. The molecule has 0 spiro atoms. The number of halogens is 3.